The first-order chi connectivity index (χ1) is 10.0. The molecule has 5 nitrogen and oxygen atoms in total. The van der Waals surface area contributed by atoms with E-state index in [1.807, 2.05) is 31.2 Å². The lowest BCUT2D eigenvalue weighted by atomic mass is 10.1. The zero-order valence-electron chi connectivity index (χ0n) is 12.3. The van der Waals surface area contributed by atoms with Crippen LogP contribution in [0.1, 0.15) is 21.5 Å². The Kier molecular flexibility index (Phi) is 4.42. The number of carbonyl (C=O) groups excluding carboxylic acids is 1. The van der Waals surface area contributed by atoms with Crippen LogP contribution in [-0.2, 0) is 6.54 Å². The highest BCUT2D eigenvalue weighted by atomic mass is 16.5. The Bertz CT molecular complexity index is 702. The maximum atomic E-state index is 12.3. The van der Waals surface area contributed by atoms with Crippen molar-refractivity contribution in [3.8, 4) is 5.75 Å². The third-order valence-corrected chi connectivity index (χ3v) is 3.21. The van der Waals surface area contributed by atoms with Crippen LogP contribution in [0.2, 0.25) is 0 Å². The molecule has 0 bridgehead atoms. The molecule has 1 aromatic carbocycles. The molecule has 0 fully saturated rings. The van der Waals surface area contributed by atoms with Crippen molar-refractivity contribution in [1.82, 2.24) is 9.88 Å². The van der Waals surface area contributed by atoms with E-state index < -0.39 is 0 Å². The van der Waals surface area contributed by atoms with Gasteiger partial charge in [-0.25, -0.2) is 0 Å². The van der Waals surface area contributed by atoms with Crippen LogP contribution in [0.5, 0.6) is 5.75 Å². The number of carbonyl (C=O) groups is 1. The van der Waals surface area contributed by atoms with Crippen molar-refractivity contribution in [3.63, 3.8) is 0 Å². The van der Waals surface area contributed by atoms with Crippen LogP contribution in [0.15, 0.2) is 41.3 Å². The second-order valence-electron chi connectivity index (χ2n) is 4.79. The molecule has 0 radical (unpaired) electrons. The highest BCUT2D eigenvalue weighted by Crippen LogP contribution is 2.12. The fraction of sp³-hybridized carbons (Fsp3) is 0.250. The van der Waals surface area contributed by atoms with E-state index in [1.54, 1.807) is 23.9 Å². The highest BCUT2D eigenvalue weighted by Gasteiger charge is 2.12. The Morgan fingerprint density at radius 3 is 2.52 bits per heavy atom. The van der Waals surface area contributed by atoms with Crippen LogP contribution in [0.25, 0.3) is 0 Å². The Morgan fingerprint density at radius 1 is 1.29 bits per heavy atom. The largest absolute Gasteiger partial charge is 0.497 e. The summed E-state index contributed by atoms with van der Waals surface area (Å²) in [5.74, 6) is 0.397. The zero-order valence-corrected chi connectivity index (χ0v) is 12.3. The maximum absolute atomic E-state index is 12.3. The van der Waals surface area contributed by atoms with Gasteiger partial charge < -0.3 is 14.6 Å². The Hall–Kier alpha value is -2.56. The van der Waals surface area contributed by atoms with E-state index in [4.69, 9.17) is 4.74 Å². The third kappa shape index (κ3) is 3.31. The average Bonchev–Trinajstić information content (AvgIpc) is 2.50. The predicted octanol–water partition coefficient (Wildman–Crippen LogP) is 1.57. The minimum atomic E-state index is -0.368. The monoisotopic (exact) mass is 286 g/mol. The summed E-state index contributed by atoms with van der Waals surface area (Å²) in [5.41, 5.74) is 1.69. The number of rotatable bonds is 4. The summed E-state index contributed by atoms with van der Waals surface area (Å²) in [4.78, 5) is 24.1. The van der Waals surface area contributed by atoms with Crippen LogP contribution in [-0.4, -0.2) is 24.6 Å². The number of nitrogens with one attached hydrogen (secondary N) is 1. The second-order valence-corrected chi connectivity index (χ2v) is 4.79. The van der Waals surface area contributed by atoms with Gasteiger partial charge in [0.15, 0.2) is 0 Å². The first-order valence-electron chi connectivity index (χ1n) is 6.61. The lowest BCUT2D eigenvalue weighted by Crippen LogP contribution is -2.31. The smallest absolute Gasteiger partial charge is 0.263 e. The third-order valence-electron chi connectivity index (χ3n) is 3.21. The molecule has 0 aliphatic rings. The Balaban J connectivity index is 2.37. The van der Waals surface area contributed by atoms with Crippen LogP contribution >= 0.6 is 0 Å². The number of methoxy groups -OCH3 is 1. The minimum Gasteiger partial charge on any atom is -0.497 e. The zero-order chi connectivity index (χ0) is 15.4. The maximum Gasteiger partial charge on any atom is 0.263 e. The van der Waals surface area contributed by atoms with Crippen LogP contribution in [0, 0.1) is 6.92 Å². The van der Waals surface area contributed by atoms with Crippen molar-refractivity contribution in [2.24, 2.45) is 0 Å². The molecular formula is C16H18N2O3. The number of amides is 1. The number of ether oxygens (including phenoxy) is 1. The number of aromatic nitrogens is 1. The van der Waals surface area contributed by atoms with Crippen LogP contribution in [0.3, 0.4) is 0 Å². The number of hydrogen-bond donors (Lipinski definition) is 1. The van der Waals surface area contributed by atoms with Crippen molar-refractivity contribution >= 4 is 5.91 Å². The summed E-state index contributed by atoms with van der Waals surface area (Å²) in [6.07, 6.45) is 1.75. The fourth-order valence-corrected chi connectivity index (χ4v) is 2.13. The predicted molar refractivity (Wildman–Crippen MR) is 80.9 cm³/mol. The van der Waals surface area contributed by atoms with Gasteiger partial charge in [0.1, 0.15) is 11.3 Å². The highest BCUT2D eigenvalue weighted by molar-refractivity contribution is 5.93. The molecule has 1 aromatic heterocycles. The van der Waals surface area contributed by atoms with Gasteiger partial charge in [0, 0.05) is 13.2 Å². The topological polar surface area (TPSA) is 60.3 Å². The molecule has 0 saturated carbocycles. The molecule has 5 heteroatoms. The molecule has 0 aliphatic carbocycles. The van der Waals surface area contributed by atoms with Crippen LogP contribution < -0.4 is 15.6 Å². The Labute approximate surface area is 123 Å². The van der Waals surface area contributed by atoms with Crippen molar-refractivity contribution in [1.29, 1.82) is 0 Å². The number of aryl methyl sites for hydroxylation is 1. The van der Waals surface area contributed by atoms with E-state index >= 15 is 0 Å². The molecule has 1 amide bonds. The second kappa shape index (κ2) is 6.26. The summed E-state index contributed by atoms with van der Waals surface area (Å²) in [6, 6.07) is 9.08. The normalized spacial score (nSPS) is 10.2. The van der Waals surface area contributed by atoms with Crippen molar-refractivity contribution in [2.75, 3.05) is 14.2 Å². The van der Waals surface area contributed by atoms with Crippen molar-refractivity contribution in [2.45, 2.75) is 13.5 Å². The fourth-order valence-electron chi connectivity index (χ4n) is 2.13. The lowest BCUT2D eigenvalue weighted by molar-refractivity contribution is 0.0961. The molecule has 110 valence electrons. The van der Waals surface area contributed by atoms with Gasteiger partial charge in [-0.2, -0.15) is 0 Å². The first-order valence-corrected chi connectivity index (χ1v) is 6.61. The van der Waals surface area contributed by atoms with Gasteiger partial charge in [0.05, 0.1) is 13.7 Å². The van der Waals surface area contributed by atoms with E-state index in [0.29, 0.717) is 6.54 Å². The molecule has 0 aliphatic heterocycles. The van der Waals surface area contributed by atoms with Crippen LogP contribution in [0.4, 0.5) is 0 Å². The molecule has 0 atom stereocenters. The number of pyridine rings is 1. The van der Waals surface area contributed by atoms with Gasteiger partial charge in [-0.1, -0.05) is 12.1 Å². The molecule has 2 aromatic rings. The van der Waals surface area contributed by atoms with Crippen molar-refractivity contribution in [3.05, 3.63) is 63.6 Å². The van der Waals surface area contributed by atoms with E-state index in [9.17, 15) is 9.59 Å². The average molecular weight is 286 g/mol. The standard InChI is InChI=1S/C16H18N2O3/c1-11-8-14(15(19)17-2)16(20)18(9-11)10-12-4-6-13(21-3)7-5-12/h4-9H,10H2,1-3H3,(H,17,19). The van der Waals surface area contributed by atoms with E-state index in [2.05, 4.69) is 5.32 Å². The SMILES string of the molecule is CNC(=O)c1cc(C)cn(Cc2ccc(OC)cc2)c1=O. The molecule has 2 rings (SSSR count). The first kappa shape index (κ1) is 14.8. The summed E-state index contributed by atoms with van der Waals surface area (Å²) in [6.45, 7) is 2.27. The van der Waals surface area contributed by atoms with E-state index in [-0.39, 0.29) is 17.0 Å². The van der Waals surface area contributed by atoms with Gasteiger partial charge in [0.25, 0.3) is 11.5 Å². The quantitative estimate of drug-likeness (QED) is 0.928. The molecule has 1 heterocycles. The van der Waals surface area contributed by atoms with Gasteiger partial charge in [-0.05, 0) is 36.2 Å². The van der Waals surface area contributed by atoms with E-state index in [1.165, 1.54) is 7.05 Å². The Morgan fingerprint density at radius 2 is 1.95 bits per heavy atom. The summed E-state index contributed by atoms with van der Waals surface area (Å²) in [5, 5.41) is 2.49. The summed E-state index contributed by atoms with van der Waals surface area (Å²) in [7, 11) is 3.12. The molecular weight excluding hydrogens is 268 g/mol. The molecule has 0 unspecified atom stereocenters. The molecule has 0 saturated heterocycles. The summed E-state index contributed by atoms with van der Waals surface area (Å²) < 4.78 is 6.65. The number of nitrogens with zero attached hydrogens (tertiary/aromatic N) is 1. The van der Waals surface area contributed by atoms with Gasteiger partial charge in [-0.15, -0.1) is 0 Å². The number of benzene rings is 1. The molecule has 21 heavy (non-hydrogen) atoms. The van der Waals surface area contributed by atoms with Gasteiger partial charge >= 0.3 is 0 Å². The van der Waals surface area contributed by atoms with Crippen molar-refractivity contribution < 1.29 is 9.53 Å². The van der Waals surface area contributed by atoms with E-state index in [0.717, 1.165) is 16.9 Å². The summed E-state index contributed by atoms with van der Waals surface area (Å²) >= 11 is 0. The molecule has 0 spiro atoms. The van der Waals surface area contributed by atoms with Gasteiger partial charge in [0.2, 0.25) is 0 Å². The lowest BCUT2D eigenvalue weighted by Gasteiger charge is -2.10. The molecule has 1 N–H and O–H groups in total. The number of hydrogen-bond acceptors (Lipinski definition) is 3. The van der Waals surface area contributed by atoms with Gasteiger partial charge in [-0.3, -0.25) is 9.59 Å². The minimum absolute atomic E-state index is 0.158.